The fraction of sp³-hybridized carbons (Fsp3) is 0.387. The minimum atomic E-state index is -1.50. The minimum absolute atomic E-state index is 0.0381. The number of nitrogens with zero attached hydrogens (tertiary/aromatic N) is 1. The molecule has 10 heteroatoms. The van der Waals surface area contributed by atoms with E-state index in [1.807, 2.05) is 91.0 Å². The summed E-state index contributed by atoms with van der Waals surface area (Å²) in [5.74, 6) is -0.684. The van der Waals surface area contributed by atoms with Crippen LogP contribution < -0.4 is 0 Å². The average molecular weight is 566 g/mol. The lowest BCUT2D eigenvalue weighted by Gasteiger charge is -2.42. The molecule has 0 spiro atoms. The third-order valence-corrected chi connectivity index (χ3v) is 6.69. The molecule has 3 aromatic carbocycles. The first kappa shape index (κ1) is 30.3. The molecule has 41 heavy (non-hydrogen) atoms. The van der Waals surface area contributed by atoms with Crippen LogP contribution >= 0.6 is 0 Å². The predicted molar refractivity (Wildman–Crippen MR) is 148 cm³/mol. The highest BCUT2D eigenvalue weighted by Gasteiger charge is 2.55. The van der Waals surface area contributed by atoms with E-state index in [9.17, 15) is 14.9 Å². The number of carbonyl (C=O) groups is 1. The molecular formula is C31H35NO9. The SMILES string of the molecule is COC(=O)[C@@H](C)O[C@H]1O[C@H](COCc2ccccc2)[C@H](OCc2ccccc2)[C@H](OCc2ccccc2)[C@H]1[N+](=O)[O-]. The molecule has 6 atom stereocenters. The summed E-state index contributed by atoms with van der Waals surface area (Å²) in [5, 5.41) is 12.5. The van der Waals surface area contributed by atoms with Gasteiger partial charge in [-0.2, -0.15) is 0 Å². The van der Waals surface area contributed by atoms with Crippen LogP contribution in [-0.2, 0) is 53.0 Å². The van der Waals surface area contributed by atoms with Gasteiger partial charge in [0.15, 0.2) is 12.2 Å². The Morgan fingerprint density at radius 2 is 1.32 bits per heavy atom. The quantitative estimate of drug-likeness (QED) is 0.160. The topological polar surface area (TPSA) is 116 Å². The summed E-state index contributed by atoms with van der Waals surface area (Å²) in [6.07, 6.45) is -5.34. The number of carbonyl (C=O) groups excluding carboxylic acids is 1. The molecule has 4 rings (SSSR count). The summed E-state index contributed by atoms with van der Waals surface area (Å²) < 4.78 is 35.2. The Hall–Kier alpha value is -3.67. The first-order chi connectivity index (χ1) is 20.0. The van der Waals surface area contributed by atoms with E-state index in [-0.39, 0.29) is 19.8 Å². The second-order valence-electron chi connectivity index (χ2n) is 9.64. The molecule has 0 amide bonds. The van der Waals surface area contributed by atoms with E-state index in [1.54, 1.807) is 0 Å². The van der Waals surface area contributed by atoms with Crippen LogP contribution in [0.1, 0.15) is 23.6 Å². The Balaban J connectivity index is 1.62. The lowest BCUT2D eigenvalue weighted by atomic mass is 9.96. The van der Waals surface area contributed by atoms with Crippen LogP contribution in [0.15, 0.2) is 91.0 Å². The second-order valence-corrected chi connectivity index (χ2v) is 9.64. The van der Waals surface area contributed by atoms with Gasteiger partial charge >= 0.3 is 5.97 Å². The van der Waals surface area contributed by atoms with Gasteiger partial charge in [0, 0.05) is 4.92 Å². The molecule has 0 N–H and O–H groups in total. The Kier molecular flexibility index (Phi) is 11.4. The Labute approximate surface area is 239 Å². The van der Waals surface area contributed by atoms with Gasteiger partial charge in [0.1, 0.15) is 12.2 Å². The van der Waals surface area contributed by atoms with E-state index in [4.69, 9.17) is 28.4 Å². The van der Waals surface area contributed by atoms with Gasteiger partial charge in [0.25, 0.3) is 6.04 Å². The van der Waals surface area contributed by atoms with Crippen molar-refractivity contribution < 1.29 is 38.1 Å². The highest BCUT2D eigenvalue weighted by Crippen LogP contribution is 2.31. The van der Waals surface area contributed by atoms with E-state index < -0.39 is 47.6 Å². The molecule has 0 aliphatic carbocycles. The van der Waals surface area contributed by atoms with Crippen molar-refractivity contribution in [2.45, 2.75) is 63.5 Å². The largest absolute Gasteiger partial charge is 0.467 e. The van der Waals surface area contributed by atoms with Crippen molar-refractivity contribution in [3.63, 3.8) is 0 Å². The maximum absolute atomic E-state index is 12.5. The number of ether oxygens (including phenoxy) is 6. The lowest BCUT2D eigenvalue weighted by molar-refractivity contribution is -0.577. The van der Waals surface area contributed by atoms with Crippen LogP contribution in [0.3, 0.4) is 0 Å². The average Bonchev–Trinajstić information content (AvgIpc) is 3.00. The van der Waals surface area contributed by atoms with E-state index in [1.165, 1.54) is 14.0 Å². The molecule has 1 fully saturated rings. The van der Waals surface area contributed by atoms with E-state index in [2.05, 4.69) is 0 Å². The zero-order valence-electron chi connectivity index (χ0n) is 23.1. The van der Waals surface area contributed by atoms with Crippen molar-refractivity contribution in [3.8, 4) is 0 Å². The molecule has 218 valence electrons. The van der Waals surface area contributed by atoms with Crippen LogP contribution in [0.25, 0.3) is 0 Å². The first-order valence-electron chi connectivity index (χ1n) is 13.4. The van der Waals surface area contributed by atoms with Gasteiger partial charge < -0.3 is 28.4 Å². The number of benzene rings is 3. The number of methoxy groups -OCH3 is 1. The van der Waals surface area contributed by atoms with Crippen LogP contribution in [-0.4, -0.2) is 61.4 Å². The summed E-state index contributed by atoms with van der Waals surface area (Å²) in [6, 6.07) is 26.9. The minimum Gasteiger partial charge on any atom is -0.467 e. The molecule has 1 saturated heterocycles. The highest BCUT2D eigenvalue weighted by atomic mass is 16.7. The normalized spacial score (nSPS) is 23.0. The van der Waals surface area contributed by atoms with Crippen molar-refractivity contribution in [2.24, 2.45) is 0 Å². The van der Waals surface area contributed by atoms with Crippen molar-refractivity contribution >= 4 is 5.97 Å². The van der Waals surface area contributed by atoms with Crippen LogP contribution in [0, 0.1) is 10.1 Å². The number of hydrogen-bond acceptors (Lipinski definition) is 9. The van der Waals surface area contributed by atoms with Gasteiger partial charge in [0.05, 0.1) is 33.5 Å². The molecule has 10 nitrogen and oxygen atoms in total. The number of hydrogen-bond donors (Lipinski definition) is 0. The Morgan fingerprint density at radius 3 is 1.80 bits per heavy atom. The molecule has 3 aromatic rings. The smallest absolute Gasteiger partial charge is 0.334 e. The summed E-state index contributed by atoms with van der Waals surface area (Å²) in [4.78, 5) is 24.1. The van der Waals surface area contributed by atoms with Crippen molar-refractivity contribution in [2.75, 3.05) is 13.7 Å². The third-order valence-electron chi connectivity index (χ3n) is 6.69. The molecule has 0 bridgehead atoms. The molecule has 0 radical (unpaired) electrons. The monoisotopic (exact) mass is 565 g/mol. The molecule has 1 heterocycles. The van der Waals surface area contributed by atoms with Crippen molar-refractivity contribution in [1.82, 2.24) is 0 Å². The summed E-state index contributed by atoms with van der Waals surface area (Å²) in [6.45, 7) is 2.05. The van der Waals surface area contributed by atoms with Crippen LogP contribution in [0.5, 0.6) is 0 Å². The van der Waals surface area contributed by atoms with Crippen LogP contribution in [0.2, 0.25) is 0 Å². The number of nitro groups is 1. The third kappa shape index (κ3) is 8.66. The molecule has 0 aromatic heterocycles. The Morgan fingerprint density at radius 1 is 0.829 bits per heavy atom. The standard InChI is InChI=1S/C31H35NO9/c1-22(30(33)36-2)40-31-27(32(34)35)29(39-20-25-16-10-5-11-17-25)28(38-19-24-14-8-4-9-15-24)26(41-31)21-37-18-23-12-6-3-7-13-23/h3-17,22,26-29,31H,18-21H2,1-2H3/t22-,26-,27-,28+,29-,31+/m1/s1. The fourth-order valence-electron chi connectivity index (χ4n) is 4.58. The predicted octanol–water partition coefficient (Wildman–Crippen LogP) is 4.32. The van der Waals surface area contributed by atoms with E-state index in [0.717, 1.165) is 16.7 Å². The number of esters is 1. The van der Waals surface area contributed by atoms with Gasteiger partial charge in [-0.25, -0.2) is 4.79 Å². The molecule has 1 aliphatic rings. The van der Waals surface area contributed by atoms with Crippen LogP contribution in [0.4, 0.5) is 0 Å². The maximum atomic E-state index is 12.5. The molecule has 1 aliphatic heterocycles. The summed E-state index contributed by atoms with van der Waals surface area (Å²) >= 11 is 0. The molecule has 0 saturated carbocycles. The summed E-state index contributed by atoms with van der Waals surface area (Å²) in [7, 11) is 1.22. The van der Waals surface area contributed by atoms with Gasteiger partial charge in [-0.3, -0.25) is 10.1 Å². The second kappa shape index (κ2) is 15.4. The lowest BCUT2D eigenvalue weighted by Crippen LogP contribution is -2.64. The van der Waals surface area contributed by atoms with Gasteiger partial charge in [0.2, 0.25) is 6.29 Å². The number of rotatable bonds is 14. The van der Waals surface area contributed by atoms with Gasteiger partial charge in [-0.15, -0.1) is 0 Å². The van der Waals surface area contributed by atoms with Crippen molar-refractivity contribution in [3.05, 3.63) is 118 Å². The molecule has 0 unspecified atom stereocenters. The zero-order chi connectivity index (χ0) is 29.0. The Bertz CT molecular complexity index is 1210. The van der Waals surface area contributed by atoms with Gasteiger partial charge in [-0.05, 0) is 23.6 Å². The molecular weight excluding hydrogens is 530 g/mol. The van der Waals surface area contributed by atoms with Crippen molar-refractivity contribution in [1.29, 1.82) is 0 Å². The highest BCUT2D eigenvalue weighted by molar-refractivity contribution is 5.73. The fourth-order valence-corrected chi connectivity index (χ4v) is 4.58. The maximum Gasteiger partial charge on any atom is 0.334 e. The zero-order valence-corrected chi connectivity index (χ0v) is 23.1. The van der Waals surface area contributed by atoms with Gasteiger partial charge in [-0.1, -0.05) is 91.0 Å². The van der Waals surface area contributed by atoms with E-state index >= 15 is 0 Å². The first-order valence-corrected chi connectivity index (χ1v) is 13.4. The summed E-state index contributed by atoms with van der Waals surface area (Å²) in [5.41, 5.74) is 2.67. The van der Waals surface area contributed by atoms with E-state index in [0.29, 0.717) is 6.61 Å².